The van der Waals surface area contributed by atoms with Gasteiger partial charge in [-0.05, 0) is 44.5 Å². The first-order valence-corrected chi connectivity index (χ1v) is 11.2. The lowest BCUT2D eigenvalue weighted by atomic mass is 10.1. The molecular formula is C26H26N2OS. The molecule has 4 heteroatoms. The van der Waals surface area contributed by atoms with Crippen LogP contribution in [0.5, 0.6) is 0 Å². The fraction of sp³-hybridized carbons (Fsp3) is 0.192. The Labute approximate surface area is 181 Å². The number of thioether (sulfide) groups is 1. The molecule has 30 heavy (non-hydrogen) atoms. The fourth-order valence-corrected chi connectivity index (χ4v) is 4.77. The average molecular weight is 415 g/mol. The molecule has 0 spiro atoms. The number of nitrogens with one attached hydrogen (secondary N) is 2. The van der Waals surface area contributed by atoms with E-state index in [-0.39, 0.29) is 5.91 Å². The van der Waals surface area contributed by atoms with Crippen LogP contribution in [0.2, 0.25) is 0 Å². The van der Waals surface area contributed by atoms with E-state index in [2.05, 4.69) is 71.8 Å². The number of fused-ring (bicyclic) bond motifs is 1. The molecule has 1 aromatic heterocycles. The van der Waals surface area contributed by atoms with Crippen LogP contribution in [0.3, 0.4) is 0 Å². The summed E-state index contributed by atoms with van der Waals surface area (Å²) in [4.78, 5) is 17.3. The molecule has 0 saturated carbocycles. The molecule has 0 saturated heterocycles. The lowest BCUT2D eigenvalue weighted by Gasteiger charge is -2.08. The van der Waals surface area contributed by atoms with Crippen molar-refractivity contribution in [3.05, 3.63) is 89.0 Å². The lowest BCUT2D eigenvalue weighted by Crippen LogP contribution is -2.25. The van der Waals surface area contributed by atoms with E-state index in [4.69, 9.17) is 0 Å². The van der Waals surface area contributed by atoms with Gasteiger partial charge in [-0.2, -0.15) is 0 Å². The quantitative estimate of drug-likeness (QED) is 0.288. The molecule has 0 unspecified atom stereocenters. The van der Waals surface area contributed by atoms with Gasteiger partial charge in [0.1, 0.15) is 0 Å². The van der Waals surface area contributed by atoms with Gasteiger partial charge >= 0.3 is 0 Å². The number of H-pyrrole nitrogens is 1. The maximum Gasteiger partial charge on any atom is 0.251 e. The summed E-state index contributed by atoms with van der Waals surface area (Å²) in [7, 11) is 0. The number of hydrogen-bond acceptors (Lipinski definition) is 2. The SMILES string of the molecule is Cc1ccc(-c2[nH]c3ccccc3c2SCCNC(=O)c2cc(C)cc(C)c2)cc1. The molecule has 1 amide bonds. The van der Waals surface area contributed by atoms with Gasteiger partial charge in [0.15, 0.2) is 0 Å². The van der Waals surface area contributed by atoms with Crippen molar-refractivity contribution in [1.82, 2.24) is 10.3 Å². The molecule has 4 aromatic rings. The van der Waals surface area contributed by atoms with Gasteiger partial charge in [0, 0.05) is 33.7 Å². The van der Waals surface area contributed by atoms with Crippen molar-refractivity contribution in [2.45, 2.75) is 25.7 Å². The first-order chi connectivity index (χ1) is 14.5. The van der Waals surface area contributed by atoms with E-state index in [0.717, 1.165) is 33.7 Å². The number of aromatic nitrogens is 1. The van der Waals surface area contributed by atoms with E-state index in [9.17, 15) is 4.79 Å². The average Bonchev–Trinajstić information content (AvgIpc) is 3.09. The fourth-order valence-electron chi connectivity index (χ4n) is 3.72. The Kier molecular flexibility index (Phi) is 5.96. The van der Waals surface area contributed by atoms with E-state index in [1.165, 1.54) is 21.4 Å². The van der Waals surface area contributed by atoms with Crippen molar-refractivity contribution >= 4 is 28.6 Å². The van der Waals surface area contributed by atoms with E-state index in [0.29, 0.717) is 6.54 Å². The highest BCUT2D eigenvalue weighted by Gasteiger charge is 2.14. The number of benzene rings is 3. The van der Waals surface area contributed by atoms with Crippen LogP contribution in [0.1, 0.15) is 27.0 Å². The monoisotopic (exact) mass is 414 g/mol. The Morgan fingerprint density at radius 1 is 0.900 bits per heavy atom. The van der Waals surface area contributed by atoms with Crippen LogP contribution < -0.4 is 5.32 Å². The van der Waals surface area contributed by atoms with E-state index in [1.807, 2.05) is 26.0 Å². The first kappa shape index (κ1) is 20.3. The summed E-state index contributed by atoms with van der Waals surface area (Å²) in [6, 6.07) is 22.9. The van der Waals surface area contributed by atoms with Crippen molar-refractivity contribution in [2.75, 3.05) is 12.3 Å². The number of amides is 1. The highest BCUT2D eigenvalue weighted by molar-refractivity contribution is 7.99. The third-order valence-corrected chi connectivity index (χ3v) is 6.24. The molecule has 3 aromatic carbocycles. The first-order valence-electron chi connectivity index (χ1n) is 10.2. The molecule has 152 valence electrons. The molecule has 0 atom stereocenters. The van der Waals surface area contributed by atoms with Crippen molar-refractivity contribution in [3.63, 3.8) is 0 Å². The predicted molar refractivity (Wildman–Crippen MR) is 127 cm³/mol. The summed E-state index contributed by atoms with van der Waals surface area (Å²) in [6.45, 7) is 6.75. The zero-order valence-electron chi connectivity index (χ0n) is 17.6. The second-order valence-electron chi connectivity index (χ2n) is 7.72. The van der Waals surface area contributed by atoms with Crippen LogP contribution in [0.25, 0.3) is 22.2 Å². The molecule has 0 aliphatic heterocycles. The third kappa shape index (κ3) is 4.44. The second-order valence-corrected chi connectivity index (χ2v) is 8.83. The van der Waals surface area contributed by atoms with Gasteiger partial charge < -0.3 is 10.3 Å². The van der Waals surface area contributed by atoms with E-state index >= 15 is 0 Å². The van der Waals surface area contributed by atoms with Gasteiger partial charge in [-0.15, -0.1) is 11.8 Å². The predicted octanol–water partition coefficient (Wildman–Crippen LogP) is 6.28. The van der Waals surface area contributed by atoms with Gasteiger partial charge in [0.25, 0.3) is 5.91 Å². The summed E-state index contributed by atoms with van der Waals surface area (Å²) >= 11 is 1.78. The normalized spacial score (nSPS) is 11.0. The summed E-state index contributed by atoms with van der Waals surface area (Å²) in [5, 5.41) is 4.28. The Bertz CT molecular complexity index is 1170. The highest BCUT2D eigenvalue weighted by atomic mass is 32.2. The Morgan fingerprint density at radius 3 is 2.33 bits per heavy atom. The van der Waals surface area contributed by atoms with Gasteiger partial charge in [0.05, 0.1) is 5.69 Å². The highest BCUT2D eigenvalue weighted by Crippen LogP contribution is 2.37. The number of carbonyl (C=O) groups is 1. The molecule has 0 aliphatic carbocycles. The van der Waals surface area contributed by atoms with Crippen LogP contribution in [-0.4, -0.2) is 23.2 Å². The molecule has 0 fully saturated rings. The van der Waals surface area contributed by atoms with Crippen LogP contribution in [0.15, 0.2) is 71.6 Å². The zero-order valence-corrected chi connectivity index (χ0v) is 18.4. The molecule has 4 rings (SSSR count). The van der Waals surface area contributed by atoms with Crippen molar-refractivity contribution in [1.29, 1.82) is 0 Å². The van der Waals surface area contributed by atoms with Crippen LogP contribution in [-0.2, 0) is 0 Å². The standard InChI is InChI=1S/C26H26N2OS/c1-17-8-10-20(11-9-17)24-25(22-6-4-5-7-23(22)28-24)30-13-12-27-26(29)21-15-18(2)14-19(3)16-21/h4-11,14-16,28H,12-13H2,1-3H3,(H,27,29). The van der Waals surface area contributed by atoms with E-state index < -0.39 is 0 Å². The Morgan fingerprint density at radius 2 is 1.60 bits per heavy atom. The number of hydrogen-bond donors (Lipinski definition) is 2. The zero-order chi connectivity index (χ0) is 21.1. The van der Waals surface area contributed by atoms with Gasteiger partial charge in [0.2, 0.25) is 0 Å². The lowest BCUT2D eigenvalue weighted by molar-refractivity contribution is 0.0956. The molecule has 2 N–H and O–H groups in total. The number of carbonyl (C=O) groups excluding carboxylic acids is 1. The minimum Gasteiger partial charge on any atom is -0.354 e. The summed E-state index contributed by atoms with van der Waals surface area (Å²) in [5.41, 5.74) is 7.64. The van der Waals surface area contributed by atoms with Gasteiger partial charge in [-0.1, -0.05) is 65.2 Å². The smallest absolute Gasteiger partial charge is 0.251 e. The summed E-state index contributed by atoms with van der Waals surface area (Å²) in [5.74, 6) is 0.789. The largest absolute Gasteiger partial charge is 0.354 e. The minimum atomic E-state index is -0.0138. The molecule has 0 bridgehead atoms. The van der Waals surface area contributed by atoms with Crippen molar-refractivity contribution in [3.8, 4) is 11.3 Å². The number of aromatic amines is 1. The van der Waals surface area contributed by atoms with Gasteiger partial charge in [-0.3, -0.25) is 4.79 Å². The minimum absolute atomic E-state index is 0.0138. The van der Waals surface area contributed by atoms with Crippen LogP contribution in [0.4, 0.5) is 0 Å². The molecule has 0 radical (unpaired) electrons. The maximum atomic E-state index is 12.5. The molecular weight excluding hydrogens is 388 g/mol. The van der Waals surface area contributed by atoms with Crippen molar-refractivity contribution < 1.29 is 4.79 Å². The molecule has 0 aliphatic rings. The maximum absolute atomic E-state index is 12.5. The Balaban J connectivity index is 1.49. The second kappa shape index (κ2) is 8.80. The third-order valence-electron chi connectivity index (χ3n) is 5.12. The van der Waals surface area contributed by atoms with E-state index in [1.54, 1.807) is 11.8 Å². The van der Waals surface area contributed by atoms with Crippen molar-refractivity contribution in [2.24, 2.45) is 0 Å². The summed E-state index contributed by atoms with van der Waals surface area (Å²) < 4.78 is 0. The van der Waals surface area contributed by atoms with Crippen LogP contribution in [0, 0.1) is 20.8 Å². The number of aryl methyl sites for hydroxylation is 3. The molecule has 3 nitrogen and oxygen atoms in total. The topological polar surface area (TPSA) is 44.9 Å². The summed E-state index contributed by atoms with van der Waals surface area (Å²) in [6.07, 6.45) is 0. The molecule has 1 heterocycles. The number of rotatable bonds is 6. The van der Waals surface area contributed by atoms with Gasteiger partial charge in [-0.25, -0.2) is 0 Å². The number of para-hydroxylation sites is 1. The van der Waals surface area contributed by atoms with Crippen LogP contribution >= 0.6 is 11.8 Å². The Hall–Kier alpha value is -2.98.